The van der Waals surface area contributed by atoms with Crippen molar-refractivity contribution in [2.45, 2.75) is 18.9 Å². The van der Waals surface area contributed by atoms with Gasteiger partial charge in [0.05, 0.1) is 5.52 Å². The van der Waals surface area contributed by atoms with Gasteiger partial charge >= 0.3 is 0 Å². The van der Waals surface area contributed by atoms with Crippen molar-refractivity contribution in [3.63, 3.8) is 0 Å². The van der Waals surface area contributed by atoms with E-state index >= 15 is 0 Å². The number of aromatic amines is 1. The lowest BCUT2D eigenvalue weighted by atomic mass is 10.1. The van der Waals surface area contributed by atoms with Crippen LogP contribution < -0.4 is 10.1 Å². The summed E-state index contributed by atoms with van der Waals surface area (Å²) in [6, 6.07) is 6.08. The largest absolute Gasteiger partial charge is 0.488 e. The number of aromatic nitrogens is 2. The van der Waals surface area contributed by atoms with Crippen molar-refractivity contribution in [2.24, 2.45) is 7.05 Å². The molecule has 18 heavy (non-hydrogen) atoms. The van der Waals surface area contributed by atoms with Crippen molar-refractivity contribution in [3.8, 4) is 5.75 Å². The third kappa shape index (κ3) is 2.04. The first-order valence-corrected chi connectivity index (χ1v) is 6.71. The number of imidazole rings is 1. The number of nitrogens with one attached hydrogen (secondary N) is 2. The predicted molar refractivity (Wildman–Crippen MR) is 74.6 cm³/mol. The highest BCUT2D eigenvalue weighted by molar-refractivity contribution is 7.71. The molecule has 4 nitrogen and oxygen atoms in total. The van der Waals surface area contributed by atoms with Gasteiger partial charge in [0.15, 0.2) is 4.77 Å². The number of aryl methyl sites for hydroxylation is 1. The monoisotopic (exact) mass is 263 g/mol. The van der Waals surface area contributed by atoms with Crippen LogP contribution in [0.3, 0.4) is 0 Å². The molecule has 0 amide bonds. The summed E-state index contributed by atoms with van der Waals surface area (Å²) in [6.07, 6.45) is 2.42. The molecule has 2 aromatic rings. The minimum Gasteiger partial charge on any atom is -0.488 e. The average Bonchev–Trinajstić information content (AvgIpc) is 2.69. The molecular weight excluding hydrogens is 246 g/mol. The van der Waals surface area contributed by atoms with E-state index in [1.165, 1.54) is 0 Å². The zero-order valence-electron chi connectivity index (χ0n) is 10.4. The Balaban J connectivity index is 1.96. The third-order valence-electron chi connectivity index (χ3n) is 3.48. The van der Waals surface area contributed by atoms with Crippen molar-refractivity contribution in [1.29, 1.82) is 0 Å². The molecule has 2 N–H and O–H groups in total. The SMILES string of the molecule is Cn1c(=S)[nH]c2c(OC3CCNCC3)cccc21. The number of rotatable bonds is 2. The molecule has 0 spiro atoms. The van der Waals surface area contributed by atoms with Gasteiger partial charge in [-0.3, -0.25) is 0 Å². The Morgan fingerprint density at radius 1 is 1.33 bits per heavy atom. The second-order valence-electron chi connectivity index (χ2n) is 4.71. The summed E-state index contributed by atoms with van der Waals surface area (Å²) in [5, 5.41) is 3.34. The summed E-state index contributed by atoms with van der Waals surface area (Å²) in [7, 11) is 1.97. The fourth-order valence-electron chi connectivity index (χ4n) is 2.42. The first-order chi connectivity index (χ1) is 8.75. The quantitative estimate of drug-likeness (QED) is 0.817. The summed E-state index contributed by atoms with van der Waals surface area (Å²) in [5.74, 6) is 0.908. The molecule has 1 saturated heterocycles. The highest BCUT2D eigenvalue weighted by Crippen LogP contribution is 2.26. The van der Waals surface area contributed by atoms with Crippen LogP contribution in [0.1, 0.15) is 12.8 Å². The maximum Gasteiger partial charge on any atom is 0.177 e. The number of hydrogen-bond donors (Lipinski definition) is 2. The zero-order chi connectivity index (χ0) is 12.5. The summed E-state index contributed by atoms with van der Waals surface area (Å²) in [4.78, 5) is 3.22. The second kappa shape index (κ2) is 4.74. The van der Waals surface area contributed by atoms with Crippen LogP contribution in [0.4, 0.5) is 0 Å². The number of para-hydroxylation sites is 1. The molecular formula is C13H17N3OS. The first-order valence-electron chi connectivity index (χ1n) is 6.31. The maximum absolute atomic E-state index is 6.11. The molecule has 0 aliphatic carbocycles. The molecule has 5 heteroatoms. The molecule has 3 rings (SSSR count). The molecule has 0 atom stereocenters. The Kier molecular flexibility index (Phi) is 3.09. The van der Waals surface area contributed by atoms with E-state index in [9.17, 15) is 0 Å². The predicted octanol–water partition coefficient (Wildman–Crippen LogP) is 2.37. The summed E-state index contributed by atoms with van der Waals surface area (Å²) >= 11 is 5.26. The number of fused-ring (bicyclic) bond motifs is 1. The van der Waals surface area contributed by atoms with E-state index in [-0.39, 0.29) is 0 Å². The lowest BCUT2D eigenvalue weighted by molar-refractivity contribution is 0.164. The fraction of sp³-hybridized carbons (Fsp3) is 0.462. The number of hydrogen-bond acceptors (Lipinski definition) is 3. The summed E-state index contributed by atoms with van der Waals surface area (Å²) < 4.78 is 8.81. The van der Waals surface area contributed by atoms with Crippen LogP contribution in [0.2, 0.25) is 0 Å². The molecule has 1 aromatic heterocycles. The number of benzene rings is 1. The molecule has 2 heterocycles. The maximum atomic E-state index is 6.11. The zero-order valence-corrected chi connectivity index (χ0v) is 11.2. The summed E-state index contributed by atoms with van der Waals surface area (Å²) in [5.41, 5.74) is 2.09. The molecule has 0 saturated carbocycles. The van der Waals surface area contributed by atoms with E-state index in [0.29, 0.717) is 6.10 Å². The molecule has 1 aliphatic rings. The third-order valence-corrected chi connectivity index (χ3v) is 3.86. The minimum atomic E-state index is 0.305. The van der Waals surface area contributed by atoms with Crippen molar-refractivity contribution < 1.29 is 4.74 Å². The number of H-pyrrole nitrogens is 1. The standard InChI is InChI=1S/C13H17N3OS/c1-16-10-3-2-4-11(12(10)15-13(16)18)17-9-5-7-14-8-6-9/h2-4,9,14H,5-8H2,1H3,(H,15,18). The van der Waals surface area contributed by atoms with Crippen LogP contribution in [-0.2, 0) is 7.05 Å². The van der Waals surface area contributed by atoms with Crippen LogP contribution in [0.15, 0.2) is 18.2 Å². The van der Waals surface area contributed by atoms with Gasteiger partial charge in [0, 0.05) is 7.05 Å². The minimum absolute atomic E-state index is 0.305. The van der Waals surface area contributed by atoms with E-state index in [0.717, 1.165) is 47.5 Å². The van der Waals surface area contributed by atoms with Crippen molar-refractivity contribution >= 4 is 23.3 Å². The Bertz CT molecular complexity index is 610. The summed E-state index contributed by atoms with van der Waals surface area (Å²) in [6.45, 7) is 2.07. The van der Waals surface area contributed by atoms with Gasteiger partial charge < -0.3 is 19.6 Å². The van der Waals surface area contributed by atoms with Crippen LogP contribution >= 0.6 is 12.2 Å². The van der Waals surface area contributed by atoms with Crippen LogP contribution in [-0.4, -0.2) is 28.7 Å². The van der Waals surface area contributed by atoms with E-state index in [4.69, 9.17) is 17.0 Å². The van der Waals surface area contributed by atoms with Crippen molar-refractivity contribution in [1.82, 2.24) is 14.9 Å². The Hall–Kier alpha value is -1.33. The highest BCUT2D eigenvalue weighted by Gasteiger charge is 2.16. The van der Waals surface area contributed by atoms with Crippen LogP contribution in [0.25, 0.3) is 11.0 Å². The van der Waals surface area contributed by atoms with E-state index in [1.54, 1.807) is 0 Å². The van der Waals surface area contributed by atoms with E-state index < -0.39 is 0 Å². The number of ether oxygens (including phenoxy) is 1. The smallest absolute Gasteiger partial charge is 0.177 e. The molecule has 1 aromatic carbocycles. The lowest BCUT2D eigenvalue weighted by Gasteiger charge is -2.24. The van der Waals surface area contributed by atoms with Crippen molar-refractivity contribution in [2.75, 3.05) is 13.1 Å². The van der Waals surface area contributed by atoms with Gasteiger partial charge in [-0.05, 0) is 50.3 Å². The van der Waals surface area contributed by atoms with E-state index in [1.807, 2.05) is 23.7 Å². The normalized spacial score (nSPS) is 17.2. The molecule has 0 unspecified atom stereocenters. The van der Waals surface area contributed by atoms with Gasteiger partial charge in [-0.1, -0.05) is 6.07 Å². The van der Waals surface area contributed by atoms with Gasteiger partial charge in [-0.2, -0.15) is 0 Å². The van der Waals surface area contributed by atoms with E-state index in [2.05, 4.69) is 16.4 Å². The topological polar surface area (TPSA) is 42.0 Å². The van der Waals surface area contributed by atoms with Gasteiger partial charge in [0.25, 0.3) is 0 Å². The number of nitrogens with zero attached hydrogens (tertiary/aromatic N) is 1. The average molecular weight is 263 g/mol. The van der Waals surface area contributed by atoms with Crippen LogP contribution in [0.5, 0.6) is 5.75 Å². The number of piperidine rings is 1. The second-order valence-corrected chi connectivity index (χ2v) is 5.09. The molecule has 0 bridgehead atoms. The fourth-order valence-corrected chi connectivity index (χ4v) is 2.62. The van der Waals surface area contributed by atoms with Crippen LogP contribution in [0, 0.1) is 4.77 Å². The van der Waals surface area contributed by atoms with Gasteiger partial charge in [-0.25, -0.2) is 0 Å². The first kappa shape index (κ1) is 11.7. The Morgan fingerprint density at radius 3 is 2.89 bits per heavy atom. The molecule has 1 fully saturated rings. The van der Waals surface area contributed by atoms with Gasteiger partial charge in [0.2, 0.25) is 0 Å². The highest BCUT2D eigenvalue weighted by atomic mass is 32.1. The molecule has 1 aliphatic heterocycles. The van der Waals surface area contributed by atoms with Gasteiger partial charge in [0.1, 0.15) is 17.4 Å². The van der Waals surface area contributed by atoms with Crippen molar-refractivity contribution in [3.05, 3.63) is 23.0 Å². The Labute approximate surface area is 111 Å². The lowest BCUT2D eigenvalue weighted by Crippen LogP contribution is -2.34. The molecule has 96 valence electrons. The van der Waals surface area contributed by atoms with Gasteiger partial charge in [-0.15, -0.1) is 0 Å². The molecule has 0 radical (unpaired) electrons. The Morgan fingerprint density at radius 2 is 2.11 bits per heavy atom.